The summed E-state index contributed by atoms with van der Waals surface area (Å²) in [6.07, 6.45) is 8.16. The highest BCUT2D eigenvalue weighted by Gasteiger charge is 2.40. The third kappa shape index (κ3) is 5.74. The third-order valence-electron chi connectivity index (χ3n) is 6.52. The van der Waals surface area contributed by atoms with Crippen molar-refractivity contribution < 1.29 is 17.9 Å². The molecule has 2 atom stereocenters. The lowest BCUT2D eigenvalue weighted by Gasteiger charge is -2.33. The monoisotopic (exact) mass is 435 g/mol. The molecule has 1 saturated heterocycles. The minimum Gasteiger partial charge on any atom is -0.376 e. The molecule has 1 aromatic carbocycles. The van der Waals surface area contributed by atoms with Gasteiger partial charge in [-0.3, -0.25) is 0 Å². The van der Waals surface area contributed by atoms with E-state index in [9.17, 15) is 13.2 Å². The van der Waals surface area contributed by atoms with Crippen molar-refractivity contribution in [2.24, 2.45) is 0 Å². The molecule has 7 nitrogen and oxygen atoms in total. The fraction of sp³-hybridized carbons (Fsp3) is 0.682. The van der Waals surface area contributed by atoms with Crippen LogP contribution < -0.4 is 10.0 Å². The van der Waals surface area contributed by atoms with Crippen LogP contribution in [0.5, 0.6) is 0 Å². The molecule has 0 bridgehead atoms. The molecule has 166 valence electrons. The van der Waals surface area contributed by atoms with Gasteiger partial charge in [0.2, 0.25) is 10.0 Å². The van der Waals surface area contributed by atoms with Gasteiger partial charge in [0, 0.05) is 18.6 Å². The van der Waals surface area contributed by atoms with E-state index in [1.54, 1.807) is 4.90 Å². The van der Waals surface area contributed by atoms with Crippen LogP contribution >= 0.6 is 0 Å². The quantitative estimate of drug-likeness (QED) is 0.689. The molecule has 1 unspecified atom stereocenters. The van der Waals surface area contributed by atoms with Crippen molar-refractivity contribution in [2.45, 2.75) is 75.1 Å². The van der Waals surface area contributed by atoms with Crippen LogP contribution in [0.3, 0.4) is 0 Å². The Balaban J connectivity index is 1.33. The molecule has 8 heteroatoms. The molecule has 2 amide bonds. The second-order valence-electron chi connectivity index (χ2n) is 8.99. The molecule has 4 rings (SSSR count). The van der Waals surface area contributed by atoms with Crippen LogP contribution in [0.1, 0.15) is 56.4 Å². The molecule has 1 aliphatic heterocycles. The number of nitrogens with zero attached hydrogens (tertiary/aromatic N) is 1. The Morgan fingerprint density at radius 3 is 2.40 bits per heavy atom. The molecule has 2 N–H and O–H groups in total. The lowest BCUT2D eigenvalue weighted by atomic mass is 9.83. The van der Waals surface area contributed by atoms with E-state index in [0.29, 0.717) is 25.5 Å². The highest BCUT2D eigenvalue weighted by atomic mass is 32.2. The third-order valence-corrected chi connectivity index (χ3v) is 7.26. The van der Waals surface area contributed by atoms with Crippen molar-refractivity contribution in [2.75, 3.05) is 19.4 Å². The van der Waals surface area contributed by atoms with E-state index in [2.05, 4.69) is 34.3 Å². The summed E-state index contributed by atoms with van der Waals surface area (Å²) in [5.41, 5.74) is 1.40. The Labute approximate surface area is 179 Å². The predicted molar refractivity (Wildman–Crippen MR) is 116 cm³/mol. The van der Waals surface area contributed by atoms with Crippen molar-refractivity contribution in [1.82, 2.24) is 14.9 Å². The number of carbonyl (C=O) groups is 1. The summed E-state index contributed by atoms with van der Waals surface area (Å²) >= 11 is 0. The van der Waals surface area contributed by atoms with E-state index in [-0.39, 0.29) is 30.3 Å². The lowest BCUT2D eigenvalue weighted by Crippen LogP contribution is -2.52. The first kappa shape index (κ1) is 21.6. The van der Waals surface area contributed by atoms with E-state index >= 15 is 0 Å². The Morgan fingerprint density at radius 2 is 1.77 bits per heavy atom. The Hall–Kier alpha value is -1.64. The SMILES string of the molecule is CS(=O)(=O)N[C@H]1CCN(C(=O)NC2CC2)C1COC1CCC(c2ccccc2)CC1. The Kier molecular flexibility index (Phi) is 6.65. The molecule has 2 aliphatic carbocycles. The van der Waals surface area contributed by atoms with Gasteiger partial charge in [-0.25, -0.2) is 17.9 Å². The number of rotatable bonds is 7. The average Bonchev–Trinajstić information content (AvgIpc) is 3.45. The van der Waals surface area contributed by atoms with Gasteiger partial charge in [-0.05, 0) is 56.4 Å². The van der Waals surface area contributed by atoms with Crippen LogP contribution in [0.2, 0.25) is 0 Å². The van der Waals surface area contributed by atoms with Crippen LogP contribution in [0.25, 0.3) is 0 Å². The van der Waals surface area contributed by atoms with Crippen LogP contribution in [0.15, 0.2) is 30.3 Å². The maximum atomic E-state index is 12.7. The highest BCUT2D eigenvalue weighted by Crippen LogP contribution is 2.34. The Morgan fingerprint density at radius 1 is 1.07 bits per heavy atom. The first-order chi connectivity index (χ1) is 14.4. The van der Waals surface area contributed by atoms with Crippen LogP contribution in [-0.2, 0) is 14.8 Å². The predicted octanol–water partition coefficient (Wildman–Crippen LogP) is 2.59. The van der Waals surface area contributed by atoms with Gasteiger partial charge in [-0.1, -0.05) is 30.3 Å². The molecule has 0 spiro atoms. The summed E-state index contributed by atoms with van der Waals surface area (Å²) in [4.78, 5) is 14.4. The molecule has 1 heterocycles. The molecule has 0 radical (unpaired) electrons. The molecule has 0 aromatic heterocycles. The van der Waals surface area contributed by atoms with Crippen molar-refractivity contribution in [3.8, 4) is 0 Å². The smallest absolute Gasteiger partial charge is 0.318 e. The van der Waals surface area contributed by atoms with Gasteiger partial charge in [-0.2, -0.15) is 0 Å². The minimum atomic E-state index is -3.35. The Bertz CT molecular complexity index is 820. The zero-order chi connectivity index (χ0) is 21.1. The van der Waals surface area contributed by atoms with E-state index < -0.39 is 10.0 Å². The summed E-state index contributed by atoms with van der Waals surface area (Å²) in [6.45, 7) is 0.909. The number of benzene rings is 1. The molecule has 3 fully saturated rings. The lowest BCUT2D eigenvalue weighted by molar-refractivity contribution is -0.000671. The molecule has 30 heavy (non-hydrogen) atoms. The summed E-state index contributed by atoms with van der Waals surface area (Å²) < 4.78 is 32.6. The van der Waals surface area contributed by atoms with Crippen molar-refractivity contribution >= 4 is 16.1 Å². The average molecular weight is 436 g/mol. The summed E-state index contributed by atoms with van der Waals surface area (Å²) in [6, 6.07) is 10.2. The first-order valence-electron chi connectivity index (χ1n) is 11.1. The van der Waals surface area contributed by atoms with E-state index in [1.807, 2.05) is 6.07 Å². The van der Waals surface area contributed by atoms with Gasteiger partial charge >= 0.3 is 6.03 Å². The fourth-order valence-electron chi connectivity index (χ4n) is 4.73. The zero-order valence-electron chi connectivity index (χ0n) is 17.6. The number of amides is 2. The van der Waals surface area contributed by atoms with Crippen molar-refractivity contribution in [1.29, 1.82) is 0 Å². The van der Waals surface area contributed by atoms with Crippen molar-refractivity contribution in [3.63, 3.8) is 0 Å². The van der Waals surface area contributed by atoms with E-state index in [1.165, 1.54) is 11.8 Å². The van der Waals surface area contributed by atoms with Crippen LogP contribution in [-0.4, -0.2) is 63.0 Å². The van der Waals surface area contributed by atoms with Gasteiger partial charge in [0.15, 0.2) is 0 Å². The van der Waals surface area contributed by atoms with Gasteiger partial charge in [0.1, 0.15) is 0 Å². The molecule has 2 saturated carbocycles. The minimum absolute atomic E-state index is 0.100. The van der Waals surface area contributed by atoms with Gasteiger partial charge in [-0.15, -0.1) is 0 Å². The first-order valence-corrected chi connectivity index (χ1v) is 13.0. The van der Waals surface area contributed by atoms with Crippen LogP contribution in [0.4, 0.5) is 4.79 Å². The number of hydrogen-bond donors (Lipinski definition) is 2. The number of ether oxygens (including phenoxy) is 1. The summed E-state index contributed by atoms with van der Waals surface area (Å²) in [7, 11) is -3.35. The molecule has 3 aliphatic rings. The van der Waals surface area contributed by atoms with Crippen LogP contribution in [0, 0.1) is 0 Å². The topological polar surface area (TPSA) is 87.7 Å². The van der Waals surface area contributed by atoms with Gasteiger partial charge in [0.05, 0.1) is 25.0 Å². The number of sulfonamides is 1. The maximum absolute atomic E-state index is 12.7. The molecular formula is C22H33N3O4S. The number of likely N-dealkylation sites (tertiary alicyclic amines) is 1. The standard InChI is InChI=1S/C22H33N3O4S/c1-30(27,28)24-20-13-14-25(22(26)23-18-9-10-18)21(20)15-29-19-11-7-17(8-12-19)16-5-3-2-4-6-16/h2-6,17-21,24H,7-15H2,1H3,(H,23,26)/t17?,19?,20-,21?/m0/s1. The summed E-state index contributed by atoms with van der Waals surface area (Å²) in [5.74, 6) is 0.581. The zero-order valence-corrected chi connectivity index (χ0v) is 18.4. The normalized spacial score (nSPS) is 29.7. The van der Waals surface area contributed by atoms with E-state index in [0.717, 1.165) is 38.5 Å². The fourth-order valence-corrected chi connectivity index (χ4v) is 5.56. The van der Waals surface area contributed by atoms with Crippen molar-refractivity contribution in [3.05, 3.63) is 35.9 Å². The highest BCUT2D eigenvalue weighted by molar-refractivity contribution is 7.88. The van der Waals surface area contributed by atoms with Gasteiger partial charge in [0.25, 0.3) is 0 Å². The maximum Gasteiger partial charge on any atom is 0.318 e. The second kappa shape index (κ2) is 9.24. The van der Waals surface area contributed by atoms with Gasteiger partial charge < -0.3 is 15.0 Å². The number of nitrogens with one attached hydrogen (secondary N) is 2. The van der Waals surface area contributed by atoms with E-state index in [4.69, 9.17) is 4.74 Å². The molecule has 1 aromatic rings. The largest absolute Gasteiger partial charge is 0.376 e. The molecular weight excluding hydrogens is 402 g/mol. The number of carbonyl (C=O) groups excluding carboxylic acids is 1. The summed E-state index contributed by atoms with van der Waals surface area (Å²) in [5, 5.41) is 3.03. The number of hydrogen-bond acceptors (Lipinski definition) is 4. The second-order valence-corrected chi connectivity index (χ2v) is 10.8. The number of urea groups is 1.